The molecule has 5 nitrogen and oxygen atoms in total. The average Bonchev–Trinajstić information content (AvgIpc) is 2.81. The molecule has 1 atom stereocenters. The zero-order valence-electron chi connectivity index (χ0n) is 14.2. The van der Waals surface area contributed by atoms with Crippen LogP contribution in [-0.4, -0.2) is 19.7 Å². The highest BCUT2D eigenvalue weighted by atomic mass is 19.1. The van der Waals surface area contributed by atoms with Gasteiger partial charge in [-0.25, -0.2) is 14.4 Å². The first-order valence-electron chi connectivity index (χ1n) is 7.81. The van der Waals surface area contributed by atoms with E-state index >= 15 is 0 Å². The summed E-state index contributed by atoms with van der Waals surface area (Å²) in [6, 6.07) is 8.26. The number of rotatable bonds is 4. The van der Waals surface area contributed by atoms with Gasteiger partial charge in [-0.2, -0.15) is 5.10 Å². The highest BCUT2D eigenvalue weighted by molar-refractivity contribution is 5.65. The van der Waals surface area contributed by atoms with Gasteiger partial charge in [-0.05, 0) is 44.5 Å². The van der Waals surface area contributed by atoms with Crippen LogP contribution >= 0.6 is 0 Å². The third kappa shape index (κ3) is 3.13. The van der Waals surface area contributed by atoms with Crippen molar-refractivity contribution in [3.05, 3.63) is 59.3 Å². The van der Waals surface area contributed by atoms with E-state index in [2.05, 4.69) is 20.4 Å². The monoisotopic (exact) mass is 325 g/mol. The molecule has 0 aliphatic heterocycles. The van der Waals surface area contributed by atoms with Crippen LogP contribution in [0.15, 0.2) is 36.5 Å². The normalized spacial score (nSPS) is 12.2. The van der Waals surface area contributed by atoms with Gasteiger partial charge in [-0.15, -0.1) is 0 Å². The summed E-state index contributed by atoms with van der Waals surface area (Å²) in [6.45, 7) is 5.98. The van der Waals surface area contributed by atoms with Gasteiger partial charge in [0.15, 0.2) is 0 Å². The minimum atomic E-state index is -0.244. The van der Waals surface area contributed by atoms with E-state index in [1.165, 1.54) is 12.1 Å². The molecule has 1 aromatic carbocycles. The van der Waals surface area contributed by atoms with Crippen molar-refractivity contribution in [2.24, 2.45) is 7.05 Å². The van der Waals surface area contributed by atoms with E-state index in [1.54, 1.807) is 18.3 Å². The molecule has 6 heteroatoms. The van der Waals surface area contributed by atoms with Crippen molar-refractivity contribution in [1.82, 2.24) is 19.7 Å². The second kappa shape index (κ2) is 6.39. The molecule has 3 rings (SSSR count). The molecule has 0 saturated carbocycles. The van der Waals surface area contributed by atoms with Crippen molar-refractivity contribution in [3.63, 3.8) is 0 Å². The van der Waals surface area contributed by atoms with Crippen LogP contribution < -0.4 is 5.32 Å². The van der Waals surface area contributed by atoms with E-state index in [9.17, 15) is 4.39 Å². The summed E-state index contributed by atoms with van der Waals surface area (Å²) in [5, 5.41) is 7.70. The number of nitrogens with one attached hydrogen (secondary N) is 1. The molecule has 3 aromatic rings. The smallest absolute Gasteiger partial charge is 0.223 e. The third-order valence-corrected chi connectivity index (χ3v) is 4.14. The van der Waals surface area contributed by atoms with E-state index in [1.807, 2.05) is 38.6 Å². The molecule has 0 aliphatic carbocycles. The molecule has 24 heavy (non-hydrogen) atoms. The molecular weight excluding hydrogens is 305 g/mol. The van der Waals surface area contributed by atoms with Crippen LogP contribution in [0, 0.1) is 19.7 Å². The second-order valence-electron chi connectivity index (χ2n) is 5.85. The first kappa shape index (κ1) is 16.1. The van der Waals surface area contributed by atoms with Crippen LogP contribution in [0.5, 0.6) is 0 Å². The summed E-state index contributed by atoms with van der Waals surface area (Å²) < 4.78 is 14.9. The summed E-state index contributed by atoms with van der Waals surface area (Å²) in [6.07, 6.45) is 1.73. The van der Waals surface area contributed by atoms with Gasteiger partial charge in [0.05, 0.1) is 17.4 Å². The SMILES string of the molecule is Cc1nn(C)c(C)c1-c1ccnc(N[C@H](C)c2ccc(F)cc2)n1. The van der Waals surface area contributed by atoms with Gasteiger partial charge in [0.1, 0.15) is 5.82 Å². The first-order valence-corrected chi connectivity index (χ1v) is 7.81. The quantitative estimate of drug-likeness (QED) is 0.792. The van der Waals surface area contributed by atoms with Crippen LogP contribution in [0.4, 0.5) is 10.3 Å². The van der Waals surface area contributed by atoms with E-state index in [-0.39, 0.29) is 11.9 Å². The van der Waals surface area contributed by atoms with Crippen molar-refractivity contribution in [1.29, 1.82) is 0 Å². The van der Waals surface area contributed by atoms with E-state index < -0.39 is 0 Å². The van der Waals surface area contributed by atoms with Gasteiger partial charge in [-0.1, -0.05) is 12.1 Å². The fraction of sp³-hybridized carbons (Fsp3) is 0.278. The Hall–Kier alpha value is -2.76. The van der Waals surface area contributed by atoms with Gasteiger partial charge in [-0.3, -0.25) is 4.68 Å². The Bertz CT molecular complexity index is 854. The Morgan fingerprint density at radius 3 is 2.46 bits per heavy atom. The van der Waals surface area contributed by atoms with Crippen molar-refractivity contribution in [3.8, 4) is 11.3 Å². The van der Waals surface area contributed by atoms with Gasteiger partial charge in [0.2, 0.25) is 5.95 Å². The number of hydrogen-bond acceptors (Lipinski definition) is 4. The lowest BCUT2D eigenvalue weighted by Gasteiger charge is -2.14. The highest BCUT2D eigenvalue weighted by Gasteiger charge is 2.14. The zero-order valence-corrected chi connectivity index (χ0v) is 14.2. The van der Waals surface area contributed by atoms with Crippen molar-refractivity contribution in [2.45, 2.75) is 26.8 Å². The maximum absolute atomic E-state index is 13.0. The minimum absolute atomic E-state index is 0.0306. The number of aryl methyl sites for hydroxylation is 2. The van der Waals surface area contributed by atoms with Crippen LogP contribution in [0.25, 0.3) is 11.3 Å². The third-order valence-electron chi connectivity index (χ3n) is 4.14. The molecule has 2 heterocycles. The Labute approximate surface area is 140 Å². The summed E-state index contributed by atoms with van der Waals surface area (Å²) in [4.78, 5) is 8.90. The predicted octanol–water partition coefficient (Wildman–Crippen LogP) is 3.81. The van der Waals surface area contributed by atoms with Crippen molar-refractivity contribution >= 4 is 5.95 Å². The fourth-order valence-corrected chi connectivity index (χ4v) is 2.74. The number of halogens is 1. The van der Waals surface area contributed by atoms with E-state index in [0.717, 1.165) is 28.2 Å². The molecule has 124 valence electrons. The van der Waals surface area contributed by atoms with Gasteiger partial charge >= 0.3 is 0 Å². The van der Waals surface area contributed by atoms with Crippen LogP contribution in [0.2, 0.25) is 0 Å². The molecule has 0 radical (unpaired) electrons. The Morgan fingerprint density at radius 1 is 1.12 bits per heavy atom. The van der Waals surface area contributed by atoms with Gasteiger partial charge in [0, 0.05) is 24.5 Å². The van der Waals surface area contributed by atoms with Gasteiger partial charge < -0.3 is 5.32 Å². The molecule has 0 bridgehead atoms. The molecule has 0 spiro atoms. The zero-order chi connectivity index (χ0) is 17.3. The summed E-state index contributed by atoms with van der Waals surface area (Å²) in [7, 11) is 1.92. The fourth-order valence-electron chi connectivity index (χ4n) is 2.74. The van der Waals surface area contributed by atoms with Crippen molar-refractivity contribution < 1.29 is 4.39 Å². The number of benzene rings is 1. The summed E-state index contributed by atoms with van der Waals surface area (Å²) >= 11 is 0. The highest BCUT2D eigenvalue weighted by Crippen LogP contribution is 2.26. The topological polar surface area (TPSA) is 55.6 Å². The van der Waals surface area contributed by atoms with Crippen LogP contribution in [0.3, 0.4) is 0 Å². The van der Waals surface area contributed by atoms with Crippen LogP contribution in [0.1, 0.15) is 29.9 Å². The lowest BCUT2D eigenvalue weighted by Crippen LogP contribution is -2.09. The maximum Gasteiger partial charge on any atom is 0.223 e. The summed E-state index contributed by atoms with van der Waals surface area (Å²) in [5.74, 6) is 0.290. The lowest BCUT2D eigenvalue weighted by molar-refractivity contribution is 0.626. The summed E-state index contributed by atoms with van der Waals surface area (Å²) in [5.41, 5.74) is 4.83. The molecule has 0 aliphatic rings. The minimum Gasteiger partial charge on any atom is -0.348 e. The Balaban J connectivity index is 1.87. The van der Waals surface area contributed by atoms with E-state index in [4.69, 9.17) is 0 Å². The lowest BCUT2D eigenvalue weighted by atomic mass is 10.1. The Morgan fingerprint density at radius 2 is 1.83 bits per heavy atom. The Kier molecular flexibility index (Phi) is 4.29. The molecular formula is C18H20FN5. The largest absolute Gasteiger partial charge is 0.348 e. The number of aromatic nitrogens is 4. The van der Waals surface area contributed by atoms with Crippen molar-refractivity contribution in [2.75, 3.05) is 5.32 Å². The molecule has 0 fully saturated rings. The average molecular weight is 325 g/mol. The standard InChI is InChI=1S/C18H20FN5/c1-11(14-5-7-15(19)8-6-14)21-18-20-10-9-16(22-18)17-12(2)23-24(4)13(17)3/h5-11H,1-4H3,(H,20,21,22)/t11-/m1/s1. The number of nitrogens with zero attached hydrogens (tertiary/aromatic N) is 4. The molecule has 0 unspecified atom stereocenters. The molecule has 0 amide bonds. The van der Waals surface area contributed by atoms with Gasteiger partial charge in [0.25, 0.3) is 0 Å². The second-order valence-corrected chi connectivity index (χ2v) is 5.85. The van der Waals surface area contributed by atoms with Crippen LogP contribution in [-0.2, 0) is 7.05 Å². The predicted molar refractivity (Wildman–Crippen MR) is 92.1 cm³/mol. The number of anilines is 1. The first-order chi connectivity index (χ1) is 11.5. The molecule has 0 saturated heterocycles. The number of hydrogen-bond donors (Lipinski definition) is 1. The molecule has 1 N–H and O–H groups in total. The maximum atomic E-state index is 13.0. The van der Waals surface area contributed by atoms with E-state index in [0.29, 0.717) is 5.95 Å². The molecule has 2 aromatic heterocycles.